The van der Waals surface area contributed by atoms with E-state index >= 15 is 0 Å². The van der Waals surface area contributed by atoms with Crippen molar-refractivity contribution in [1.29, 1.82) is 0 Å². The average molecular weight is 297 g/mol. The lowest BCUT2D eigenvalue weighted by Gasteiger charge is -2.37. The van der Waals surface area contributed by atoms with Crippen LogP contribution in [-0.4, -0.2) is 35.2 Å². The molecule has 1 amide bonds. The van der Waals surface area contributed by atoms with Crippen molar-refractivity contribution < 1.29 is 19.4 Å². The lowest BCUT2D eigenvalue weighted by Crippen LogP contribution is -2.51. The van der Waals surface area contributed by atoms with E-state index < -0.39 is 5.97 Å². The first-order valence-corrected chi connectivity index (χ1v) is 7.68. The van der Waals surface area contributed by atoms with E-state index in [-0.39, 0.29) is 36.5 Å². The van der Waals surface area contributed by atoms with Crippen LogP contribution in [-0.2, 0) is 14.3 Å². The van der Waals surface area contributed by atoms with E-state index in [9.17, 15) is 9.59 Å². The Kier molecular flexibility index (Phi) is 6.89. The van der Waals surface area contributed by atoms with Gasteiger partial charge in [-0.2, -0.15) is 0 Å². The van der Waals surface area contributed by atoms with Crippen LogP contribution in [0.3, 0.4) is 0 Å². The summed E-state index contributed by atoms with van der Waals surface area (Å²) >= 11 is 0. The molecule has 0 saturated heterocycles. The third kappa shape index (κ3) is 5.50. The monoisotopic (exact) mass is 297 g/mol. The van der Waals surface area contributed by atoms with Gasteiger partial charge in [-0.05, 0) is 32.1 Å². The van der Waals surface area contributed by atoms with Gasteiger partial charge in [0, 0.05) is 6.92 Å². The minimum absolute atomic E-state index is 0.0406. The average Bonchev–Trinajstić information content (AvgIpc) is 2.38. The van der Waals surface area contributed by atoms with Gasteiger partial charge in [-0.25, -0.2) is 0 Å². The van der Waals surface area contributed by atoms with Crippen molar-refractivity contribution >= 4 is 11.9 Å². The zero-order chi connectivity index (χ0) is 16.0. The van der Waals surface area contributed by atoms with Gasteiger partial charge >= 0.3 is 5.97 Å². The number of aliphatic carboxylic acids is 1. The van der Waals surface area contributed by atoms with E-state index in [0.717, 1.165) is 18.4 Å². The first-order valence-electron chi connectivity index (χ1n) is 7.68. The fraction of sp³-hybridized carbons (Fsp3) is 0.750. The summed E-state index contributed by atoms with van der Waals surface area (Å²) in [6.07, 6.45) is 4.42. The molecule has 1 aliphatic rings. The van der Waals surface area contributed by atoms with Crippen LogP contribution in [0.1, 0.15) is 53.4 Å². The maximum atomic E-state index is 11.5. The van der Waals surface area contributed by atoms with Crippen LogP contribution >= 0.6 is 0 Å². The van der Waals surface area contributed by atoms with Crippen LogP contribution in [0.15, 0.2) is 11.6 Å². The molecule has 0 heterocycles. The summed E-state index contributed by atoms with van der Waals surface area (Å²) in [6.45, 7) is 7.57. The second-order valence-electron chi connectivity index (χ2n) is 5.84. The Labute approximate surface area is 126 Å². The third-order valence-corrected chi connectivity index (χ3v) is 3.96. The lowest BCUT2D eigenvalue weighted by molar-refractivity contribution is -0.139. The Morgan fingerprint density at radius 3 is 2.52 bits per heavy atom. The molecule has 0 saturated carbocycles. The quantitative estimate of drug-likeness (QED) is 0.708. The molecule has 21 heavy (non-hydrogen) atoms. The summed E-state index contributed by atoms with van der Waals surface area (Å²) in [5, 5.41) is 12.0. The number of ether oxygens (including phenoxy) is 1. The standard InChI is InChI=1S/C16H27NO4/c1-5-13(6-2)21-14-8-10(3)7-12(9-15(19)20)16(14)17-11(4)18/h8,12-14,16H,5-7,9H2,1-4H3,(H,17,18)(H,19,20)/t12-,14-,16-/m1/s1. The van der Waals surface area contributed by atoms with Crippen LogP contribution < -0.4 is 5.32 Å². The second-order valence-corrected chi connectivity index (χ2v) is 5.84. The minimum Gasteiger partial charge on any atom is -0.481 e. The van der Waals surface area contributed by atoms with Crippen molar-refractivity contribution in [2.45, 2.75) is 71.6 Å². The predicted molar refractivity (Wildman–Crippen MR) is 81.0 cm³/mol. The second kappa shape index (κ2) is 8.17. The zero-order valence-corrected chi connectivity index (χ0v) is 13.4. The molecule has 0 bridgehead atoms. The molecule has 1 aliphatic carbocycles. The Hall–Kier alpha value is -1.36. The number of hydrogen-bond acceptors (Lipinski definition) is 3. The van der Waals surface area contributed by atoms with E-state index in [1.54, 1.807) is 0 Å². The van der Waals surface area contributed by atoms with Crippen LogP contribution in [0.25, 0.3) is 0 Å². The highest BCUT2D eigenvalue weighted by atomic mass is 16.5. The van der Waals surface area contributed by atoms with Crippen LogP contribution in [0, 0.1) is 5.92 Å². The summed E-state index contributed by atoms with van der Waals surface area (Å²) in [7, 11) is 0. The number of hydrogen-bond donors (Lipinski definition) is 2. The van der Waals surface area contributed by atoms with Gasteiger partial charge in [0.15, 0.2) is 0 Å². The molecular weight excluding hydrogens is 270 g/mol. The molecule has 0 aromatic carbocycles. The largest absolute Gasteiger partial charge is 0.481 e. The molecule has 0 aliphatic heterocycles. The van der Waals surface area contributed by atoms with Gasteiger partial charge in [-0.3, -0.25) is 9.59 Å². The van der Waals surface area contributed by atoms with Gasteiger partial charge in [0.25, 0.3) is 0 Å². The van der Waals surface area contributed by atoms with E-state index in [1.165, 1.54) is 6.92 Å². The van der Waals surface area contributed by atoms with Gasteiger partial charge in [0.1, 0.15) is 0 Å². The topological polar surface area (TPSA) is 75.6 Å². The molecule has 5 nitrogen and oxygen atoms in total. The maximum absolute atomic E-state index is 11.5. The number of carbonyl (C=O) groups is 2. The number of rotatable bonds is 7. The fourth-order valence-electron chi connectivity index (χ4n) is 2.95. The third-order valence-electron chi connectivity index (χ3n) is 3.96. The van der Waals surface area contributed by atoms with Crippen LogP contribution in [0.4, 0.5) is 0 Å². The molecular formula is C16H27NO4. The van der Waals surface area contributed by atoms with Gasteiger partial charge < -0.3 is 15.2 Å². The number of allylic oxidation sites excluding steroid dienone is 1. The molecule has 2 N–H and O–H groups in total. The van der Waals surface area contributed by atoms with Crippen molar-refractivity contribution in [1.82, 2.24) is 5.32 Å². The van der Waals surface area contributed by atoms with Gasteiger partial charge in [-0.1, -0.05) is 25.5 Å². The SMILES string of the molecule is CCC(CC)O[C@@H]1C=C(C)C[C@H](CC(=O)O)[C@H]1NC(C)=O. The number of carboxylic acid groups (broad SMARTS) is 1. The van der Waals surface area contributed by atoms with E-state index in [4.69, 9.17) is 9.84 Å². The number of carboxylic acids is 1. The molecule has 0 unspecified atom stereocenters. The number of carbonyl (C=O) groups excluding carboxylic acids is 1. The summed E-state index contributed by atoms with van der Waals surface area (Å²) in [5.74, 6) is -1.12. The van der Waals surface area contributed by atoms with Gasteiger partial charge in [0.2, 0.25) is 5.91 Å². The van der Waals surface area contributed by atoms with E-state index in [1.807, 2.05) is 13.0 Å². The van der Waals surface area contributed by atoms with E-state index in [2.05, 4.69) is 19.2 Å². The Morgan fingerprint density at radius 2 is 2.05 bits per heavy atom. The van der Waals surface area contributed by atoms with E-state index in [0.29, 0.717) is 6.42 Å². The molecule has 0 spiro atoms. The summed E-state index contributed by atoms with van der Waals surface area (Å²) in [4.78, 5) is 22.5. The first kappa shape index (κ1) is 17.7. The highest BCUT2D eigenvalue weighted by Crippen LogP contribution is 2.30. The number of amides is 1. The molecule has 0 radical (unpaired) electrons. The Bertz CT molecular complexity index is 401. The molecule has 3 atom stereocenters. The van der Waals surface area contributed by atoms with Gasteiger partial charge in [0.05, 0.1) is 24.7 Å². The summed E-state index contributed by atoms with van der Waals surface area (Å²) in [6, 6.07) is -0.275. The maximum Gasteiger partial charge on any atom is 0.303 e. The molecule has 0 aromatic rings. The van der Waals surface area contributed by atoms with Crippen molar-refractivity contribution in [3.63, 3.8) is 0 Å². The Morgan fingerprint density at radius 1 is 1.43 bits per heavy atom. The molecule has 0 aromatic heterocycles. The number of nitrogens with one attached hydrogen (secondary N) is 1. The Balaban J connectivity index is 2.95. The molecule has 5 heteroatoms. The highest BCUT2D eigenvalue weighted by molar-refractivity contribution is 5.73. The highest BCUT2D eigenvalue weighted by Gasteiger charge is 2.35. The van der Waals surface area contributed by atoms with Crippen LogP contribution in [0.5, 0.6) is 0 Å². The van der Waals surface area contributed by atoms with Crippen molar-refractivity contribution in [2.75, 3.05) is 0 Å². The molecule has 1 rings (SSSR count). The van der Waals surface area contributed by atoms with Gasteiger partial charge in [-0.15, -0.1) is 0 Å². The fourth-order valence-corrected chi connectivity index (χ4v) is 2.95. The molecule has 0 fully saturated rings. The zero-order valence-electron chi connectivity index (χ0n) is 13.4. The van der Waals surface area contributed by atoms with Crippen LogP contribution in [0.2, 0.25) is 0 Å². The minimum atomic E-state index is -0.841. The van der Waals surface area contributed by atoms with Crippen molar-refractivity contribution in [3.8, 4) is 0 Å². The normalized spacial score (nSPS) is 25.6. The predicted octanol–water partition coefficient (Wildman–Crippen LogP) is 2.51. The lowest BCUT2D eigenvalue weighted by atomic mass is 9.81. The first-order chi connectivity index (χ1) is 9.87. The van der Waals surface area contributed by atoms with Crippen molar-refractivity contribution in [2.24, 2.45) is 5.92 Å². The smallest absolute Gasteiger partial charge is 0.303 e. The summed E-state index contributed by atoms with van der Waals surface area (Å²) < 4.78 is 6.10. The van der Waals surface area contributed by atoms with Crippen molar-refractivity contribution in [3.05, 3.63) is 11.6 Å². The summed E-state index contributed by atoms with van der Waals surface area (Å²) in [5.41, 5.74) is 1.12. The molecule has 120 valence electrons.